The zero-order valence-corrected chi connectivity index (χ0v) is 17.7. The Morgan fingerprint density at radius 1 is 0.900 bits per heavy atom. The summed E-state index contributed by atoms with van der Waals surface area (Å²) in [5.41, 5.74) is 7.04. The third-order valence-corrected chi connectivity index (χ3v) is 5.50. The molecule has 0 saturated heterocycles. The third-order valence-electron chi connectivity index (χ3n) is 5.50. The van der Waals surface area contributed by atoms with Crippen molar-refractivity contribution < 1.29 is 14.4 Å². The Morgan fingerprint density at radius 3 is 2.33 bits per heavy atom. The fraction of sp³-hybridized carbons (Fsp3) is 0.192. The van der Waals surface area contributed by atoms with E-state index in [2.05, 4.69) is 32.0 Å². The number of fused-ring (bicyclic) bond motifs is 1. The highest BCUT2D eigenvalue weighted by molar-refractivity contribution is 5.91. The molecule has 4 nitrogen and oxygen atoms in total. The molecule has 4 aromatic rings. The number of benzene rings is 3. The zero-order valence-electron chi connectivity index (χ0n) is 17.7. The maximum Gasteiger partial charge on any atom is 0.363 e. The van der Waals surface area contributed by atoms with E-state index in [0.29, 0.717) is 5.56 Å². The monoisotopic (exact) mass is 399 g/mol. The highest BCUT2D eigenvalue weighted by Gasteiger charge is 2.14. The van der Waals surface area contributed by atoms with Crippen LogP contribution in [0.15, 0.2) is 66.7 Å². The quantitative estimate of drug-likeness (QED) is 0.428. The lowest BCUT2D eigenvalue weighted by Crippen LogP contribution is -2.20. The average molecular weight is 399 g/mol. The Morgan fingerprint density at radius 2 is 1.63 bits per heavy atom. The fourth-order valence-corrected chi connectivity index (χ4v) is 3.72. The number of carbonyl (C=O) groups is 1. The second-order valence-corrected chi connectivity index (χ2v) is 7.46. The van der Waals surface area contributed by atoms with Crippen molar-refractivity contribution in [3.8, 4) is 16.9 Å². The van der Waals surface area contributed by atoms with Crippen molar-refractivity contribution in [1.82, 2.24) is 4.73 Å². The normalized spacial score (nSPS) is 10.9. The van der Waals surface area contributed by atoms with Gasteiger partial charge >= 0.3 is 5.97 Å². The fourth-order valence-electron chi connectivity index (χ4n) is 3.72. The summed E-state index contributed by atoms with van der Waals surface area (Å²) in [4.78, 5) is 18.4. The molecular weight excluding hydrogens is 374 g/mol. The summed E-state index contributed by atoms with van der Waals surface area (Å²) in [5, 5.41) is 0.959. The van der Waals surface area contributed by atoms with Crippen molar-refractivity contribution in [3.63, 3.8) is 0 Å². The topological polar surface area (TPSA) is 40.5 Å². The van der Waals surface area contributed by atoms with Gasteiger partial charge in [0.05, 0.1) is 23.9 Å². The predicted octanol–water partition coefficient (Wildman–Crippen LogP) is 5.77. The van der Waals surface area contributed by atoms with Crippen LogP contribution in [0.25, 0.3) is 22.0 Å². The predicted molar refractivity (Wildman–Crippen MR) is 120 cm³/mol. The van der Waals surface area contributed by atoms with E-state index in [9.17, 15) is 4.79 Å². The van der Waals surface area contributed by atoms with Crippen LogP contribution >= 0.6 is 0 Å². The molecule has 4 heteroatoms. The number of methoxy groups -OCH3 is 1. The molecule has 0 fully saturated rings. The Kier molecular flexibility index (Phi) is 5.32. The standard InChI is InChI=1S/C26H25NO3/c1-5-19-15-22(7-6-17(19)2)20-8-10-21(11-9-20)26(28)30-27-18(3)14-23-16-24(29-4)12-13-25(23)27/h6-16H,5H2,1-4H3. The summed E-state index contributed by atoms with van der Waals surface area (Å²) in [6.07, 6.45) is 1.00. The number of ether oxygens (including phenoxy) is 1. The molecule has 30 heavy (non-hydrogen) atoms. The number of aromatic nitrogens is 1. The maximum atomic E-state index is 12.8. The number of hydrogen-bond acceptors (Lipinski definition) is 3. The maximum absolute atomic E-state index is 12.8. The summed E-state index contributed by atoms with van der Waals surface area (Å²) in [7, 11) is 1.63. The van der Waals surface area contributed by atoms with Gasteiger partial charge in [-0.15, -0.1) is 0 Å². The van der Waals surface area contributed by atoms with Crippen LogP contribution < -0.4 is 9.57 Å². The number of hydrogen-bond donors (Lipinski definition) is 0. The summed E-state index contributed by atoms with van der Waals surface area (Å²) in [5.74, 6) is 0.375. The summed E-state index contributed by atoms with van der Waals surface area (Å²) < 4.78 is 6.84. The Hall–Kier alpha value is -3.53. The highest BCUT2D eigenvalue weighted by atomic mass is 16.7. The smallest absolute Gasteiger partial charge is 0.363 e. The molecule has 0 atom stereocenters. The van der Waals surface area contributed by atoms with Gasteiger partial charge in [-0.3, -0.25) is 0 Å². The molecule has 0 unspecified atom stereocenters. The van der Waals surface area contributed by atoms with Gasteiger partial charge in [-0.25, -0.2) is 4.79 Å². The van der Waals surface area contributed by atoms with Gasteiger partial charge in [0.2, 0.25) is 0 Å². The lowest BCUT2D eigenvalue weighted by Gasteiger charge is -2.10. The summed E-state index contributed by atoms with van der Waals surface area (Å²) in [6.45, 7) is 6.20. The SMILES string of the molecule is CCc1cc(-c2ccc(C(=O)On3c(C)cc4cc(OC)ccc43)cc2)ccc1C. The molecular formula is C26H25NO3. The van der Waals surface area contributed by atoms with E-state index in [1.807, 2.05) is 55.5 Å². The minimum Gasteiger partial charge on any atom is -0.497 e. The van der Waals surface area contributed by atoms with E-state index in [1.54, 1.807) is 11.8 Å². The molecule has 1 aromatic heterocycles. The Balaban J connectivity index is 1.58. The van der Waals surface area contributed by atoms with Crippen molar-refractivity contribution in [2.24, 2.45) is 0 Å². The van der Waals surface area contributed by atoms with Gasteiger partial charge in [0, 0.05) is 5.39 Å². The number of rotatable bonds is 5. The van der Waals surface area contributed by atoms with Gasteiger partial charge in [0.15, 0.2) is 0 Å². The first-order chi connectivity index (χ1) is 14.5. The first-order valence-corrected chi connectivity index (χ1v) is 10.1. The molecule has 0 saturated carbocycles. The van der Waals surface area contributed by atoms with Crippen molar-refractivity contribution in [3.05, 3.63) is 89.1 Å². The Bertz CT molecular complexity index is 1220. The largest absolute Gasteiger partial charge is 0.497 e. The van der Waals surface area contributed by atoms with Gasteiger partial charge in [-0.05, 0) is 78.9 Å². The van der Waals surface area contributed by atoms with E-state index in [0.717, 1.165) is 39.9 Å². The van der Waals surface area contributed by atoms with Crippen molar-refractivity contribution in [2.75, 3.05) is 7.11 Å². The second kappa shape index (κ2) is 8.07. The summed E-state index contributed by atoms with van der Waals surface area (Å²) >= 11 is 0. The van der Waals surface area contributed by atoms with Crippen molar-refractivity contribution in [1.29, 1.82) is 0 Å². The number of aryl methyl sites for hydroxylation is 3. The molecule has 0 radical (unpaired) electrons. The lowest BCUT2D eigenvalue weighted by atomic mass is 9.98. The highest BCUT2D eigenvalue weighted by Crippen LogP contribution is 2.25. The molecule has 0 bridgehead atoms. The molecule has 0 aliphatic carbocycles. The minimum absolute atomic E-state index is 0.392. The summed E-state index contributed by atoms with van der Waals surface area (Å²) in [6, 6.07) is 21.7. The first-order valence-electron chi connectivity index (χ1n) is 10.1. The van der Waals surface area contributed by atoms with Crippen LogP contribution in [-0.4, -0.2) is 17.8 Å². The molecule has 1 heterocycles. The van der Waals surface area contributed by atoms with Crippen LogP contribution in [0.1, 0.15) is 34.1 Å². The van der Waals surface area contributed by atoms with Crippen LogP contribution in [-0.2, 0) is 6.42 Å². The van der Waals surface area contributed by atoms with E-state index in [4.69, 9.17) is 9.57 Å². The van der Waals surface area contributed by atoms with Crippen molar-refractivity contribution >= 4 is 16.9 Å². The number of carbonyl (C=O) groups excluding carboxylic acids is 1. The Labute approximate surface area is 176 Å². The van der Waals surface area contributed by atoms with E-state index < -0.39 is 5.97 Å². The average Bonchev–Trinajstić information content (AvgIpc) is 3.08. The first kappa shape index (κ1) is 19.8. The van der Waals surface area contributed by atoms with Gasteiger partial charge in [0.25, 0.3) is 0 Å². The lowest BCUT2D eigenvalue weighted by molar-refractivity contribution is 0.0474. The van der Waals surface area contributed by atoms with Crippen LogP contribution in [0.3, 0.4) is 0 Å². The van der Waals surface area contributed by atoms with Crippen LogP contribution in [0.2, 0.25) is 0 Å². The third kappa shape index (κ3) is 3.69. The van der Waals surface area contributed by atoms with Crippen LogP contribution in [0.4, 0.5) is 0 Å². The number of nitrogens with zero attached hydrogens (tertiary/aromatic N) is 1. The second-order valence-electron chi connectivity index (χ2n) is 7.46. The molecule has 0 N–H and O–H groups in total. The molecule has 0 aliphatic rings. The van der Waals surface area contributed by atoms with Gasteiger partial charge < -0.3 is 9.57 Å². The molecule has 4 rings (SSSR count). The molecule has 0 aliphatic heterocycles. The van der Waals surface area contributed by atoms with E-state index in [1.165, 1.54) is 11.1 Å². The molecule has 0 spiro atoms. The van der Waals surface area contributed by atoms with Crippen LogP contribution in [0, 0.1) is 13.8 Å². The van der Waals surface area contributed by atoms with E-state index in [-0.39, 0.29) is 0 Å². The van der Waals surface area contributed by atoms with Crippen molar-refractivity contribution in [2.45, 2.75) is 27.2 Å². The zero-order chi connectivity index (χ0) is 21.3. The van der Waals surface area contributed by atoms with Gasteiger partial charge in [0.1, 0.15) is 5.75 Å². The molecule has 152 valence electrons. The minimum atomic E-state index is -0.392. The van der Waals surface area contributed by atoms with Gasteiger partial charge in [-0.1, -0.05) is 37.3 Å². The van der Waals surface area contributed by atoms with Gasteiger partial charge in [-0.2, -0.15) is 4.73 Å². The molecule has 3 aromatic carbocycles. The van der Waals surface area contributed by atoms with Crippen LogP contribution in [0.5, 0.6) is 5.75 Å². The molecule has 0 amide bonds. The van der Waals surface area contributed by atoms with E-state index >= 15 is 0 Å².